The van der Waals surface area contributed by atoms with Crippen LogP contribution in [0.25, 0.3) is 22.0 Å². The Balaban J connectivity index is 0.886. The molecular formula is C39H42N6O5. The zero-order valence-electron chi connectivity index (χ0n) is 27.7. The second-order valence-electron chi connectivity index (χ2n) is 12.6. The first-order valence-corrected chi connectivity index (χ1v) is 16.9. The topological polar surface area (TPSA) is 159 Å². The van der Waals surface area contributed by atoms with Gasteiger partial charge < -0.3 is 41.4 Å². The Labute approximate surface area is 290 Å². The summed E-state index contributed by atoms with van der Waals surface area (Å²) >= 11 is 0. The number of H-pyrrole nitrogens is 1. The Bertz CT molecular complexity index is 1970. The predicted molar refractivity (Wildman–Crippen MR) is 196 cm³/mol. The SMILES string of the molecule is O=C(CCN1CCC(NC(=O)Nc2ccccc2-c2ccccc2)CC1)Nc1ccc(CNCC(O)c2ccc(O)c3[nH]c(=O)ccc23)cc1. The maximum absolute atomic E-state index is 12.8. The van der Waals surface area contributed by atoms with Crippen molar-refractivity contribution in [2.24, 2.45) is 0 Å². The summed E-state index contributed by atoms with van der Waals surface area (Å²) in [7, 11) is 0. The average Bonchev–Trinajstić information content (AvgIpc) is 3.13. The lowest BCUT2D eigenvalue weighted by Gasteiger charge is -2.32. The Kier molecular flexibility index (Phi) is 11.2. The van der Waals surface area contributed by atoms with Crippen LogP contribution in [0.3, 0.4) is 0 Å². The van der Waals surface area contributed by atoms with E-state index in [4.69, 9.17) is 0 Å². The standard InChI is InChI=1S/C39H42N6O5/c46-34-16-14-31(32-15-17-36(48)44-38(32)34)35(47)25-40-24-26-10-12-28(13-11-26)41-37(49)20-23-45-21-18-29(19-22-45)42-39(50)43-33-9-5-4-8-30(33)27-6-2-1-3-7-27/h1-17,29,35,40,46-47H,18-25H2,(H,41,49)(H,44,48)(H2,42,43,50). The molecule has 1 aromatic heterocycles. The average molecular weight is 675 g/mol. The van der Waals surface area contributed by atoms with Crippen LogP contribution in [-0.4, -0.2) is 64.3 Å². The van der Waals surface area contributed by atoms with Crippen LogP contribution in [0.5, 0.6) is 5.75 Å². The van der Waals surface area contributed by atoms with Crippen LogP contribution in [0.2, 0.25) is 0 Å². The van der Waals surface area contributed by atoms with E-state index in [1.807, 2.05) is 78.9 Å². The maximum Gasteiger partial charge on any atom is 0.319 e. The molecule has 1 atom stereocenters. The van der Waals surface area contributed by atoms with Crippen LogP contribution in [0.15, 0.2) is 108 Å². The van der Waals surface area contributed by atoms with E-state index < -0.39 is 6.10 Å². The number of phenolic OH excluding ortho intramolecular Hbond substituents is 1. The van der Waals surface area contributed by atoms with E-state index in [1.54, 1.807) is 12.1 Å². The van der Waals surface area contributed by atoms with Crippen LogP contribution in [0.4, 0.5) is 16.2 Å². The Hall–Kier alpha value is -5.49. The number of carbonyl (C=O) groups is 2. The van der Waals surface area contributed by atoms with Crippen molar-refractivity contribution in [1.29, 1.82) is 0 Å². The van der Waals surface area contributed by atoms with E-state index in [-0.39, 0.29) is 35.8 Å². The molecule has 1 saturated heterocycles. The quantitative estimate of drug-likeness (QED) is 0.0942. The highest BCUT2D eigenvalue weighted by atomic mass is 16.3. The monoisotopic (exact) mass is 674 g/mol. The first-order chi connectivity index (χ1) is 24.3. The van der Waals surface area contributed by atoms with Gasteiger partial charge in [0, 0.05) is 67.9 Å². The lowest BCUT2D eigenvalue weighted by molar-refractivity contribution is -0.116. The molecule has 0 saturated carbocycles. The zero-order valence-corrected chi connectivity index (χ0v) is 27.7. The van der Waals surface area contributed by atoms with Crippen molar-refractivity contribution in [2.45, 2.75) is 38.0 Å². The van der Waals surface area contributed by atoms with Crippen LogP contribution < -0.4 is 26.8 Å². The molecule has 11 heteroatoms. The summed E-state index contributed by atoms with van der Waals surface area (Å²) in [5, 5.41) is 33.8. The van der Waals surface area contributed by atoms with Crippen molar-refractivity contribution in [3.8, 4) is 16.9 Å². The number of anilines is 2. The third-order valence-electron chi connectivity index (χ3n) is 9.01. The first kappa shape index (κ1) is 34.4. The van der Waals surface area contributed by atoms with Crippen LogP contribution >= 0.6 is 0 Å². The van der Waals surface area contributed by atoms with Gasteiger partial charge in [-0.1, -0.05) is 66.7 Å². The molecule has 1 aliphatic rings. The number of hydrogen-bond acceptors (Lipinski definition) is 7. The predicted octanol–water partition coefficient (Wildman–Crippen LogP) is 5.34. The fraction of sp³-hybridized carbons (Fsp3) is 0.256. The lowest BCUT2D eigenvalue weighted by atomic mass is 10.0. The Morgan fingerprint density at radius 1 is 0.860 bits per heavy atom. The summed E-state index contributed by atoms with van der Waals surface area (Å²) in [6.07, 6.45) is 1.15. The largest absolute Gasteiger partial charge is 0.506 e. The molecule has 7 N–H and O–H groups in total. The van der Waals surface area contributed by atoms with E-state index in [9.17, 15) is 24.6 Å². The van der Waals surface area contributed by atoms with Crippen molar-refractivity contribution >= 4 is 34.2 Å². The van der Waals surface area contributed by atoms with Crippen molar-refractivity contribution in [1.82, 2.24) is 20.5 Å². The fourth-order valence-electron chi connectivity index (χ4n) is 6.31. The highest BCUT2D eigenvalue weighted by Gasteiger charge is 2.22. The van der Waals surface area contributed by atoms with Gasteiger partial charge in [-0.15, -0.1) is 0 Å². The van der Waals surface area contributed by atoms with E-state index >= 15 is 0 Å². The number of benzene rings is 4. The maximum atomic E-state index is 12.8. The number of aromatic nitrogens is 1. The normalized spacial score (nSPS) is 14.3. The number of piperidine rings is 1. The van der Waals surface area contributed by atoms with E-state index in [2.05, 4.69) is 31.2 Å². The van der Waals surface area contributed by atoms with Crippen LogP contribution in [0.1, 0.15) is 36.5 Å². The van der Waals surface area contributed by atoms with E-state index in [0.29, 0.717) is 41.7 Å². The second-order valence-corrected chi connectivity index (χ2v) is 12.6. The summed E-state index contributed by atoms with van der Waals surface area (Å²) in [6, 6.07) is 31.2. The summed E-state index contributed by atoms with van der Waals surface area (Å²) in [4.78, 5) is 42.0. The molecule has 258 valence electrons. The number of para-hydroxylation sites is 1. The van der Waals surface area contributed by atoms with Crippen molar-refractivity contribution < 1.29 is 19.8 Å². The van der Waals surface area contributed by atoms with Gasteiger partial charge in [-0.3, -0.25) is 9.59 Å². The van der Waals surface area contributed by atoms with Crippen LogP contribution in [-0.2, 0) is 11.3 Å². The number of nitrogens with zero attached hydrogens (tertiary/aromatic N) is 1. The number of rotatable bonds is 12. The summed E-state index contributed by atoms with van der Waals surface area (Å²) in [5.74, 6) is -0.107. The molecule has 0 bridgehead atoms. The number of nitrogens with one attached hydrogen (secondary N) is 5. The molecule has 1 aliphatic heterocycles. The van der Waals surface area contributed by atoms with Gasteiger partial charge in [0.1, 0.15) is 5.75 Å². The van der Waals surface area contributed by atoms with E-state index in [1.165, 1.54) is 12.1 Å². The number of aromatic hydroxyl groups is 1. The smallest absolute Gasteiger partial charge is 0.319 e. The van der Waals surface area contributed by atoms with Gasteiger partial charge in [0.2, 0.25) is 11.5 Å². The fourth-order valence-corrected chi connectivity index (χ4v) is 6.31. The van der Waals surface area contributed by atoms with Crippen molar-refractivity contribution in [3.05, 3.63) is 125 Å². The number of amides is 3. The molecular weight excluding hydrogens is 632 g/mol. The van der Waals surface area contributed by atoms with Gasteiger partial charge >= 0.3 is 6.03 Å². The molecule has 0 aliphatic carbocycles. The van der Waals surface area contributed by atoms with Crippen molar-refractivity contribution in [3.63, 3.8) is 0 Å². The molecule has 4 aromatic carbocycles. The van der Waals surface area contributed by atoms with Gasteiger partial charge in [0.15, 0.2) is 0 Å². The first-order valence-electron chi connectivity index (χ1n) is 16.9. The number of aromatic amines is 1. The number of phenols is 1. The number of fused-ring (bicyclic) bond motifs is 1. The molecule has 6 rings (SSSR count). The molecule has 0 spiro atoms. The highest BCUT2D eigenvalue weighted by Crippen LogP contribution is 2.29. The molecule has 50 heavy (non-hydrogen) atoms. The van der Waals surface area contributed by atoms with Gasteiger partial charge in [-0.05, 0) is 59.9 Å². The highest BCUT2D eigenvalue weighted by molar-refractivity contribution is 5.94. The second kappa shape index (κ2) is 16.3. The third kappa shape index (κ3) is 8.94. The Morgan fingerprint density at radius 2 is 1.60 bits per heavy atom. The molecule has 1 unspecified atom stereocenters. The number of carbonyl (C=O) groups excluding carboxylic acids is 2. The molecule has 2 heterocycles. The van der Waals surface area contributed by atoms with Gasteiger partial charge in [0.25, 0.3) is 0 Å². The van der Waals surface area contributed by atoms with E-state index in [0.717, 1.165) is 48.3 Å². The molecule has 1 fully saturated rings. The van der Waals surface area contributed by atoms with Crippen molar-refractivity contribution in [2.75, 3.05) is 36.8 Å². The number of hydrogen-bond donors (Lipinski definition) is 7. The number of aliphatic hydroxyl groups is 1. The molecule has 0 radical (unpaired) electrons. The summed E-state index contributed by atoms with van der Waals surface area (Å²) < 4.78 is 0. The minimum Gasteiger partial charge on any atom is -0.506 e. The minimum absolute atomic E-state index is 0.0494. The number of pyridine rings is 1. The lowest BCUT2D eigenvalue weighted by Crippen LogP contribution is -2.46. The van der Waals surface area contributed by atoms with Gasteiger partial charge in [-0.2, -0.15) is 0 Å². The number of likely N-dealkylation sites (tertiary alicyclic amines) is 1. The summed E-state index contributed by atoms with van der Waals surface area (Å²) in [6.45, 7) is 3.02. The molecule has 5 aromatic rings. The van der Waals surface area contributed by atoms with Gasteiger partial charge in [-0.25, -0.2) is 4.79 Å². The summed E-state index contributed by atoms with van der Waals surface area (Å²) in [5.41, 5.74) is 5.06. The number of aliphatic hydroxyl groups excluding tert-OH is 1. The Morgan fingerprint density at radius 3 is 2.38 bits per heavy atom. The molecule has 3 amide bonds. The zero-order chi connectivity index (χ0) is 34.9. The minimum atomic E-state index is -0.850. The molecule has 11 nitrogen and oxygen atoms in total. The number of urea groups is 1. The van der Waals surface area contributed by atoms with Crippen LogP contribution in [0, 0.1) is 0 Å². The van der Waals surface area contributed by atoms with Gasteiger partial charge in [0.05, 0.1) is 17.3 Å². The third-order valence-corrected chi connectivity index (χ3v) is 9.01.